The number of ether oxygens (including phenoxy) is 1. The number of carbonyl (C=O) groups is 1. The van der Waals surface area contributed by atoms with Gasteiger partial charge in [0.25, 0.3) is 0 Å². The Hall–Kier alpha value is -2.68. The molecule has 2 unspecified atom stereocenters. The predicted octanol–water partition coefficient (Wildman–Crippen LogP) is 6.72. The molecule has 0 amide bonds. The van der Waals surface area contributed by atoms with Gasteiger partial charge in [-0.05, 0) is 47.4 Å². The first-order valence-electron chi connectivity index (χ1n) is 12.0. The van der Waals surface area contributed by atoms with Crippen LogP contribution in [0.4, 0.5) is 0 Å². The average Bonchev–Trinajstić information content (AvgIpc) is 2.84. The second-order valence-electron chi connectivity index (χ2n) is 9.07. The van der Waals surface area contributed by atoms with Crippen LogP contribution >= 0.6 is 8.03 Å². The third-order valence-electron chi connectivity index (χ3n) is 5.65. The van der Waals surface area contributed by atoms with E-state index in [-0.39, 0.29) is 18.7 Å². The van der Waals surface area contributed by atoms with Crippen LogP contribution in [0.15, 0.2) is 84.9 Å². The molecule has 0 aliphatic carbocycles. The lowest BCUT2D eigenvalue weighted by atomic mass is 9.99. The van der Waals surface area contributed by atoms with E-state index in [1.54, 1.807) is 0 Å². The topological polar surface area (TPSA) is 52.6 Å². The molecule has 0 fully saturated rings. The molecule has 0 saturated heterocycles. The highest BCUT2D eigenvalue weighted by Gasteiger charge is 2.24. The highest BCUT2D eigenvalue weighted by molar-refractivity contribution is 7.39. The van der Waals surface area contributed by atoms with Gasteiger partial charge in [-0.1, -0.05) is 98.8 Å². The molecule has 0 radical (unpaired) electrons. The summed E-state index contributed by atoms with van der Waals surface area (Å²) in [7, 11) is -2.33. The third-order valence-corrected chi connectivity index (χ3v) is 7.01. The van der Waals surface area contributed by atoms with Crippen molar-refractivity contribution < 1.29 is 18.6 Å². The normalized spacial score (nSPS) is 12.9. The van der Waals surface area contributed by atoms with Crippen LogP contribution in [-0.2, 0) is 38.1 Å². The zero-order chi connectivity index (χ0) is 24.2. The van der Waals surface area contributed by atoms with Gasteiger partial charge in [-0.15, -0.1) is 0 Å². The molecule has 0 aliphatic rings. The SMILES string of the molecule is CC(C)CC(C[PH](=O)OCCc1ccc(Cc2ccccc2)cc1)C(=O)OCc1ccccc1. The summed E-state index contributed by atoms with van der Waals surface area (Å²) in [6, 6.07) is 28.4. The van der Waals surface area contributed by atoms with Crippen molar-refractivity contribution in [2.45, 2.75) is 39.7 Å². The molecule has 3 rings (SSSR count). The van der Waals surface area contributed by atoms with E-state index < -0.39 is 13.9 Å². The van der Waals surface area contributed by atoms with E-state index in [4.69, 9.17) is 9.26 Å². The molecule has 34 heavy (non-hydrogen) atoms. The number of benzene rings is 3. The Morgan fingerprint density at radius 2 is 1.35 bits per heavy atom. The van der Waals surface area contributed by atoms with E-state index in [2.05, 4.69) is 62.4 Å². The summed E-state index contributed by atoms with van der Waals surface area (Å²) in [6.07, 6.45) is 2.46. The molecule has 2 atom stereocenters. The van der Waals surface area contributed by atoms with E-state index in [0.29, 0.717) is 25.4 Å². The summed E-state index contributed by atoms with van der Waals surface area (Å²) >= 11 is 0. The maximum absolute atomic E-state index is 12.6. The van der Waals surface area contributed by atoms with E-state index in [1.165, 1.54) is 11.1 Å². The van der Waals surface area contributed by atoms with Crippen LogP contribution in [0.5, 0.6) is 0 Å². The Bertz CT molecular complexity index is 1020. The van der Waals surface area contributed by atoms with Crippen LogP contribution in [0.25, 0.3) is 0 Å². The van der Waals surface area contributed by atoms with Gasteiger partial charge in [-0.25, -0.2) is 0 Å². The van der Waals surface area contributed by atoms with Crippen molar-refractivity contribution >= 4 is 14.0 Å². The minimum absolute atomic E-state index is 0.229. The van der Waals surface area contributed by atoms with Crippen molar-refractivity contribution in [3.8, 4) is 0 Å². The summed E-state index contributed by atoms with van der Waals surface area (Å²) in [5, 5.41) is 0. The van der Waals surface area contributed by atoms with Crippen molar-refractivity contribution in [3.05, 3.63) is 107 Å². The second-order valence-corrected chi connectivity index (χ2v) is 10.5. The van der Waals surface area contributed by atoms with Gasteiger partial charge in [0.1, 0.15) is 6.61 Å². The first-order chi connectivity index (χ1) is 16.5. The van der Waals surface area contributed by atoms with E-state index in [1.807, 2.05) is 36.4 Å². The fraction of sp³-hybridized carbons (Fsp3) is 0.345. The quantitative estimate of drug-likeness (QED) is 0.202. The molecule has 180 valence electrons. The lowest BCUT2D eigenvalue weighted by molar-refractivity contribution is -0.149. The van der Waals surface area contributed by atoms with Crippen LogP contribution < -0.4 is 0 Å². The first-order valence-corrected chi connectivity index (χ1v) is 13.5. The van der Waals surface area contributed by atoms with Crippen molar-refractivity contribution in [2.75, 3.05) is 12.8 Å². The molecule has 3 aromatic rings. The monoisotopic (exact) mass is 478 g/mol. The van der Waals surface area contributed by atoms with Gasteiger partial charge < -0.3 is 9.26 Å². The number of carbonyl (C=O) groups excluding carboxylic acids is 1. The Labute approximate surface area is 204 Å². The predicted molar refractivity (Wildman–Crippen MR) is 138 cm³/mol. The number of hydrogen-bond donors (Lipinski definition) is 0. The zero-order valence-corrected chi connectivity index (χ0v) is 21.1. The highest BCUT2D eigenvalue weighted by Crippen LogP contribution is 2.30. The van der Waals surface area contributed by atoms with Crippen molar-refractivity contribution in [1.29, 1.82) is 0 Å². The van der Waals surface area contributed by atoms with Gasteiger partial charge in [0.15, 0.2) is 8.03 Å². The summed E-state index contributed by atoms with van der Waals surface area (Å²) in [5.74, 6) is -0.403. The fourth-order valence-electron chi connectivity index (χ4n) is 3.88. The first kappa shape index (κ1) is 25.9. The fourth-order valence-corrected chi connectivity index (χ4v) is 5.06. The zero-order valence-electron chi connectivity index (χ0n) is 20.1. The van der Waals surface area contributed by atoms with Crippen molar-refractivity contribution in [3.63, 3.8) is 0 Å². The van der Waals surface area contributed by atoms with Crippen LogP contribution in [0.1, 0.15) is 42.5 Å². The molecular formula is C29H35O4P. The highest BCUT2D eigenvalue weighted by atomic mass is 31.1. The Morgan fingerprint density at radius 1 is 0.794 bits per heavy atom. The summed E-state index contributed by atoms with van der Waals surface area (Å²) in [6.45, 7) is 4.72. The van der Waals surface area contributed by atoms with Crippen LogP contribution in [0.2, 0.25) is 0 Å². The molecule has 0 heterocycles. The standard InChI is InChI=1S/C29H35O4P/c1-23(2)19-28(29(30)32-21-27-11-7-4-8-12-27)22-34(31)33-18-17-24-13-15-26(16-14-24)20-25-9-5-3-6-10-25/h3-16,23,28,34H,17-22H2,1-2H3. The van der Waals surface area contributed by atoms with E-state index in [0.717, 1.165) is 17.5 Å². The smallest absolute Gasteiger partial charge is 0.309 e. The Balaban J connectivity index is 1.43. The van der Waals surface area contributed by atoms with Gasteiger partial charge in [0.05, 0.1) is 12.5 Å². The lowest BCUT2D eigenvalue weighted by Crippen LogP contribution is -2.22. The minimum atomic E-state index is -2.33. The molecule has 0 saturated carbocycles. The molecule has 0 aromatic heterocycles. The maximum atomic E-state index is 12.6. The van der Waals surface area contributed by atoms with Gasteiger partial charge in [-0.2, -0.15) is 0 Å². The van der Waals surface area contributed by atoms with Gasteiger partial charge in [0, 0.05) is 6.16 Å². The maximum Gasteiger partial charge on any atom is 0.309 e. The van der Waals surface area contributed by atoms with Gasteiger partial charge >= 0.3 is 5.97 Å². The third kappa shape index (κ3) is 9.29. The second kappa shape index (κ2) is 13.9. The van der Waals surface area contributed by atoms with Crippen LogP contribution in [0.3, 0.4) is 0 Å². The Kier molecular flexibility index (Phi) is 10.6. The molecule has 3 aromatic carbocycles. The van der Waals surface area contributed by atoms with Crippen molar-refractivity contribution in [2.24, 2.45) is 11.8 Å². The molecule has 0 bridgehead atoms. The van der Waals surface area contributed by atoms with E-state index in [9.17, 15) is 9.36 Å². The van der Waals surface area contributed by atoms with Crippen LogP contribution in [-0.4, -0.2) is 18.7 Å². The molecule has 5 heteroatoms. The minimum Gasteiger partial charge on any atom is -0.461 e. The number of rotatable bonds is 13. The average molecular weight is 479 g/mol. The Morgan fingerprint density at radius 3 is 1.97 bits per heavy atom. The lowest BCUT2D eigenvalue weighted by Gasteiger charge is -2.18. The summed E-state index contributed by atoms with van der Waals surface area (Å²) in [5.41, 5.74) is 4.64. The molecular weight excluding hydrogens is 443 g/mol. The van der Waals surface area contributed by atoms with Gasteiger partial charge in [-0.3, -0.25) is 9.36 Å². The number of hydrogen-bond acceptors (Lipinski definition) is 4. The molecule has 0 N–H and O–H groups in total. The number of esters is 1. The van der Waals surface area contributed by atoms with E-state index >= 15 is 0 Å². The largest absolute Gasteiger partial charge is 0.461 e. The van der Waals surface area contributed by atoms with Crippen molar-refractivity contribution in [1.82, 2.24) is 0 Å². The molecule has 4 nitrogen and oxygen atoms in total. The van der Waals surface area contributed by atoms with Crippen LogP contribution in [0, 0.1) is 11.8 Å². The summed E-state index contributed by atoms with van der Waals surface area (Å²) in [4.78, 5) is 12.6. The summed E-state index contributed by atoms with van der Waals surface area (Å²) < 4.78 is 23.8. The van der Waals surface area contributed by atoms with Gasteiger partial charge in [0.2, 0.25) is 0 Å². The molecule has 0 spiro atoms. The molecule has 0 aliphatic heterocycles.